The monoisotopic (exact) mass is 448 g/mol. The standard InChI is InChI=1S/C20H25BOS.C7H12N2/c1-22-19-14-8-6-12-17(19)21(16-10-4-3-5-11-16)18-13-7-9-15-20(18)23-2;1-7(2,3)6-4-8-5-9-6/h6-9,12-16H,3-5,10-11H2,1-2H3;4-5H,1-3H3,(H,8,9). The van der Waals surface area contributed by atoms with Crippen LogP contribution in [-0.4, -0.2) is 30.0 Å². The minimum Gasteiger partial charge on any atom is -0.497 e. The van der Waals surface area contributed by atoms with Crippen LogP contribution in [0.25, 0.3) is 0 Å². The van der Waals surface area contributed by atoms with Gasteiger partial charge in [0.15, 0.2) is 0 Å². The van der Waals surface area contributed by atoms with E-state index in [-0.39, 0.29) is 5.41 Å². The minimum atomic E-state index is 0.205. The molecule has 2 aromatic carbocycles. The smallest absolute Gasteiger partial charge is 0.218 e. The summed E-state index contributed by atoms with van der Waals surface area (Å²) in [5.41, 5.74) is 4.21. The Morgan fingerprint density at radius 1 is 0.969 bits per heavy atom. The molecule has 1 N–H and O–H groups in total. The quantitative estimate of drug-likeness (QED) is 0.380. The van der Waals surface area contributed by atoms with Gasteiger partial charge >= 0.3 is 0 Å². The lowest BCUT2D eigenvalue weighted by Crippen LogP contribution is -2.48. The Morgan fingerprint density at radius 2 is 1.62 bits per heavy atom. The fourth-order valence-electron chi connectivity index (χ4n) is 4.66. The van der Waals surface area contributed by atoms with Crippen LogP contribution in [-0.2, 0) is 5.41 Å². The molecule has 1 aliphatic carbocycles. The van der Waals surface area contributed by atoms with E-state index in [1.54, 1.807) is 13.4 Å². The molecule has 1 aromatic heterocycles. The number of thioether (sulfide) groups is 1. The first kappa shape index (κ1) is 24.5. The van der Waals surface area contributed by atoms with Crippen molar-refractivity contribution in [2.75, 3.05) is 13.4 Å². The van der Waals surface area contributed by atoms with Gasteiger partial charge in [-0.3, -0.25) is 0 Å². The zero-order valence-corrected chi connectivity index (χ0v) is 21.0. The first-order chi connectivity index (χ1) is 15.5. The van der Waals surface area contributed by atoms with Crippen molar-refractivity contribution >= 4 is 29.4 Å². The molecule has 1 fully saturated rings. The van der Waals surface area contributed by atoms with E-state index in [2.05, 4.69) is 85.5 Å². The molecule has 1 heterocycles. The van der Waals surface area contributed by atoms with Gasteiger partial charge in [-0.2, -0.15) is 0 Å². The van der Waals surface area contributed by atoms with Gasteiger partial charge in [0.05, 0.1) is 13.4 Å². The number of imidazole rings is 1. The molecular formula is C27H37BN2OS. The van der Waals surface area contributed by atoms with E-state index in [0.717, 1.165) is 5.75 Å². The van der Waals surface area contributed by atoms with Crippen molar-refractivity contribution in [1.29, 1.82) is 0 Å². The molecule has 0 aliphatic heterocycles. The van der Waals surface area contributed by atoms with Crippen molar-refractivity contribution in [3.63, 3.8) is 0 Å². The molecule has 0 unspecified atom stereocenters. The largest absolute Gasteiger partial charge is 0.497 e. The summed E-state index contributed by atoms with van der Waals surface area (Å²) in [5.74, 6) is 1.74. The topological polar surface area (TPSA) is 37.9 Å². The second-order valence-electron chi connectivity index (χ2n) is 9.57. The Kier molecular flexibility index (Phi) is 8.92. The predicted octanol–water partition coefficient (Wildman–Crippen LogP) is 6.07. The summed E-state index contributed by atoms with van der Waals surface area (Å²) in [4.78, 5) is 8.40. The maximum Gasteiger partial charge on any atom is 0.218 e. The van der Waals surface area contributed by atoms with Gasteiger partial charge in [-0.15, -0.1) is 11.8 Å². The highest BCUT2D eigenvalue weighted by Crippen LogP contribution is 2.33. The average Bonchev–Trinajstić information content (AvgIpc) is 3.37. The van der Waals surface area contributed by atoms with Gasteiger partial charge in [0.25, 0.3) is 0 Å². The molecule has 0 spiro atoms. The van der Waals surface area contributed by atoms with Crippen molar-refractivity contribution in [3.8, 4) is 5.75 Å². The third-order valence-electron chi connectivity index (χ3n) is 6.38. The molecule has 1 saturated carbocycles. The van der Waals surface area contributed by atoms with Crippen LogP contribution in [0.15, 0.2) is 66.0 Å². The van der Waals surface area contributed by atoms with Gasteiger partial charge in [0.1, 0.15) is 5.75 Å². The lowest BCUT2D eigenvalue weighted by Gasteiger charge is -2.30. The zero-order valence-electron chi connectivity index (χ0n) is 20.2. The molecule has 1 aliphatic rings. The summed E-state index contributed by atoms with van der Waals surface area (Å²) in [5, 5.41) is 0. The normalized spacial score (nSPS) is 14.4. The summed E-state index contributed by atoms with van der Waals surface area (Å²) in [6.07, 6.45) is 12.5. The van der Waals surface area contributed by atoms with Gasteiger partial charge in [0.2, 0.25) is 6.71 Å². The Labute approximate surface area is 198 Å². The Balaban J connectivity index is 0.000000269. The van der Waals surface area contributed by atoms with Crippen molar-refractivity contribution < 1.29 is 4.74 Å². The summed E-state index contributed by atoms with van der Waals surface area (Å²) >= 11 is 1.86. The number of H-pyrrole nitrogens is 1. The summed E-state index contributed by atoms with van der Waals surface area (Å²) < 4.78 is 5.71. The average molecular weight is 448 g/mol. The second kappa shape index (κ2) is 11.6. The van der Waals surface area contributed by atoms with Crippen LogP contribution in [0.4, 0.5) is 0 Å². The molecule has 4 rings (SSSR count). The number of hydrogen-bond donors (Lipinski definition) is 1. The van der Waals surface area contributed by atoms with Crippen molar-refractivity contribution in [2.24, 2.45) is 0 Å². The number of aromatic amines is 1. The van der Waals surface area contributed by atoms with Gasteiger partial charge < -0.3 is 9.72 Å². The van der Waals surface area contributed by atoms with Crippen molar-refractivity contribution in [1.82, 2.24) is 9.97 Å². The summed E-state index contributed by atoms with van der Waals surface area (Å²) in [6, 6.07) is 17.5. The first-order valence-electron chi connectivity index (χ1n) is 11.7. The molecule has 32 heavy (non-hydrogen) atoms. The number of nitrogens with zero attached hydrogens (tertiary/aromatic N) is 1. The maximum atomic E-state index is 5.71. The highest BCUT2D eigenvalue weighted by atomic mass is 32.2. The van der Waals surface area contributed by atoms with Crippen LogP contribution in [0.5, 0.6) is 5.75 Å². The fraction of sp³-hybridized carbons (Fsp3) is 0.444. The van der Waals surface area contributed by atoms with E-state index in [1.165, 1.54) is 53.6 Å². The lowest BCUT2D eigenvalue weighted by atomic mass is 9.31. The molecule has 0 radical (unpaired) electrons. The summed E-state index contributed by atoms with van der Waals surface area (Å²) in [7, 11) is 1.79. The van der Waals surface area contributed by atoms with Crippen LogP contribution in [0.1, 0.15) is 58.6 Å². The highest BCUT2D eigenvalue weighted by Gasteiger charge is 2.33. The van der Waals surface area contributed by atoms with E-state index in [0.29, 0.717) is 12.5 Å². The van der Waals surface area contributed by atoms with Crippen LogP contribution in [0.3, 0.4) is 0 Å². The van der Waals surface area contributed by atoms with E-state index in [4.69, 9.17) is 4.74 Å². The second-order valence-corrected chi connectivity index (χ2v) is 10.4. The minimum absolute atomic E-state index is 0.205. The van der Waals surface area contributed by atoms with Crippen molar-refractivity contribution in [3.05, 3.63) is 66.7 Å². The van der Waals surface area contributed by atoms with Gasteiger partial charge in [0, 0.05) is 22.2 Å². The molecule has 0 amide bonds. The van der Waals surface area contributed by atoms with Gasteiger partial charge in [-0.1, -0.05) is 101 Å². The third-order valence-corrected chi connectivity index (χ3v) is 7.19. The van der Waals surface area contributed by atoms with E-state index < -0.39 is 0 Å². The van der Waals surface area contributed by atoms with E-state index >= 15 is 0 Å². The molecule has 3 nitrogen and oxygen atoms in total. The van der Waals surface area contributed by atoms with Crippen LogP contribution >= 0.6 is 11.8 Å². The molecule has 0 saturated heterocycles. The molecular weight excluding hydrogens is 411 g/mol. The number of hydrogen-bond acceptors (Lipinski definition) is 3. The number of benzene rings is 2. The SMILES string of the molecule is CC(C)(C)c1cnc[nH]1.COc1ccccc1B(c1ccccc1SC)C1CCCCC1. The molecule has 3 aromatic rings. The first-order valence-corrected chi connectivity index (χ1v) is 12.9. The molecule has 0 atom stereocenters. The van der Waals surface area contributed by atoms with Crippen LogP contribution in [0.2, 0.25) is 5.82 Å². The van der Waals surface area contributed by atoms with E-state index in [1.807, 2.05) is 18.0 Å². The fourth-order valence-corrected chi connectivity index (χ4v) is 5.30. The molecule has 0 bridgehead atoms. The number of ether oxygens (including phenoxy) is 1. The van der Waals surface area contributed by atoms with E-state index in [9.17, 15) is 0 Å². The number of rotatable bonds is 5. The Morgan fingerprint density at radius 3 is 2.19 bits per heavy atom. The zero-order chi connectivity index (χ0) is 23.0. The predicted molar refractivity (Wildman–Crippen MR) is 140 cm³/mol. The van der Waals surface area contributed by atoms with Gasteiger partial charge in [-0.05, 0) is 23.9 Å². The number of para-hydroxylation sites is 1. The summed E-state index contributed by atoms with van der Waals surface area (Å²) in [6.45, 7) is 6.90. The Bertz CT molecular complexity index is 899. The molecule has 170 valence electrons. The highest BCUT2D eigenvalue weighted by molar-refractivity contribution is 7.98. The van der Waals surface area contributed by atoms with Crippen LogP contribution < -0.4 is 15.7 Å². The number of methoxy groups -OCH3 is 1. The van der Waals surface area contributed by atoms with Crippen LogP contribution in [0, 0.1) is 0 Å². The Hall–Kier alpha value is -2.14. The third kappa shape index (κ3) is 6.22. The lowest BCUT2D eigenvalue weighted by molar-refractivity contribution is 0.417. The number of aromatic nitrogens is 2. The molecule has 5 heteroatoms. The number of nitrogens with one attached hydrogen (secondary N) is 1. The van der Waals surface area contributed by atoms with Gasteiger partial charge in [-0.25, -0.2) is 4.98 Å². The maximum absolute atomic E-state index is 5.71. The van der Waals surface area contributed by atoms with Crippen molar-refractivity contribution in [2.45, 2.75) is 69.0 Å².